The summed E-state index contributed by atoms with van der Waals surface area (Å²) in [5.41, 5.74) is 2.06. The van der Waals surface area contributed by atoms with Crippen LogP contribution in [0.15, 0.2) is 36.4 Å². The molecule has 0 aliphatic carbocycles. The van der Waals surface area contributed by atoms with Crippen molar-refractivity contribution in [2.75, 3.05) is 48.4 Å². The number of anilines is 3. The summed E-state index contributed by atoms with van der Waals surface area (Å²) < 4.78 is 5.41. The highest BCUT2D eigenvalue weighted by molar-refractivity contribution is 6.04. The zero-order chi connectivity index (χ0) is 19.1. The van der Waals surface area contributed by atoms with E-state index < -0.39 is 0 Å². The van der Waals surface area contributed by atoms with Gasteiger partial charge in [-0.3, -0.25) is 4.79 Å². The molecule has 1 aromatic heterocycles. The van der Waals surface area contributed by atoms with E-state index in [4.69, 9.17) is 4.74 Å². The van der Waals surface area contributed by atoms with Gasteiger partial charge in [-0.1, -0.05) is 26.0 Å². The molecule has 2 heterocycles. The molecule has 0 saturated carbocycles. The maximum absolute atomic E-state index is 12.6. The largest absolute Gasteiger partial charge is 0.378 e. The first-order valence-electron chi connectivity index (χ1n) is 9.44. The van der Waals surface area contributed by atoms with Crippen molar-refractivity contribution in [2.24, 2.45) is 5.92 Å². The maximum atomic E-state index is 12.6. The highest BCUT2D eigenvalue weighted by atomic mass is 16.5. The van der Waals surface area contributed by atoms with Crippen LogP contribution in [-0.4, -0.2) is 49.0 Å². The van der Waals surface area contributed by atoms with Gasteiger partial charge in [0.25, 0.3) is 5.91 Å². The Kier molecular flexibility index (Phi) is 6.59. The van der Waals surface area contributed by atoms with Crippen molar-refractivity contribution in [3.63, 3.8) is 0 Å². The predicted octanol–water partition coefficient (Wildman–Crippen LogP) is 3.02. The molecule has 1 saturated heterocycles. The Morgan fingerprint density at radius 2 is 1.93 bits per heavy atom. The summed E-state index contributed by atoms with van der Waals surface area (Å²) in [6.45, 7) is 8.20. The minimum Gasteiger partial charge on any atom is -0.378 e. The fraction of sp³-hybridized carbons (Fsp3) is 0.450. The van der Waals surface area contributed by atoms with E-state index in [-0.39, 0.29) is 5.91 Å². The van der Waals surface area contributed by atoms with Gasteiger partial charge >= 0.3 is 0 Å². The van der Waals surface area contributed by atoms with E-state index in [1.54, 1.807) is 12.1 Å². The van der Waals surface area contributed by atoms with Crippen molar-refractivity contribution in [1.29, 1.82) is 0 Å². The van der Waals surface area contributed by atoms with Crippen LogP contribution in [0.1, 0.15) is 30.8 Å². The number of morpholine rings is 1. The number of benzene rings is 1. The monoisotopic (exact) mass is 369 g/mol. The summed E-state index contributed by atoms with van der Waals surface area (Å²) in [6.07, 6.45) is 1.06. The molecule has 3 rings (SSSR count). The Bertz CT molecular complexity index is 742. The van der Waals surface area contributed by atoms with Crippen LogP contribution in [-0.2, 0) is 4.74 Å². The van der Waals surface area contributed by atoms with Gasteiger partial charge in [0.05, 0.1) is 24.6 Å². The van der Waals surface area contributed by atoms with Gasteiger partial charge in [-0.2, -0.15) is 0 Å². The van der Waals surface area contributed by atoms with Gasteiger partial charge in [0.2, 0.25) is 0 Å². The first-order chi connectivity index (χ1) is 13.1. The van der Waals surface area contributed by atoms with Crippen LogP contribution in [0.3, 0.4) is 0 Å². The maximum Gasteiger partial charge on any atom is 0.276 e. The number of hydrogen-bond donors (Lipinski definition) is 2. The highest BCUT2D eigenvalue weighted by Gasteiger charge is 2.17. The fourth-order valence-electron chi connectivity index (χ4n) is 2.88. The lowest BCUT2D eigenvalue weighted by Gasteiger charge is -2.30. The summed E-state index contributed by atoms with van der Waals surface area (Å²) in [4.78, 5) is 14.8. The number of aromatic nitrogens is 2. The Morgan fingerprint density at radius 3 is 2.63 bits per heavy atom. The average molecular weight is 369 g/mol. The second-order valence-corrected chi connectivity index (χ2v) is 6.98. The van der Waals surface area contributed by atoms with Crippen molar-refractivity contribution in [2.45, 2.75) is 20.3 Å². The van der Waals surface area contributed by atoms with Gasteiger partial charge in [0, 0.05) is 19.6 Å². The normalized spacial score (nSPS) is 14.3. The molecule has 144 valence electrons. The van der Waals surface area contributed by atoms with E-state index >= 15 is 0 Å². The molecule has 7 nitrogen and oxygen atoms in total. The van der Waals surface area contributed by atoms with Crippen molar-refractivity contribution < 1.29 is 9.53 Å². The molecule has 0 radical (unpaired) electrons. The highest BCUT2D eigenvalue weighted by Crippen LogP contribution is 2.26. The number of nitrogens with one attached hydrogen (secondary N) is 2. The number of rotatable bonds is 7. The van der Waals surface area contributed by atoms with Crippen molar-refractivity contribution in [1.82, 2.24) is 10.2 Å². The Morgan fingerprint density at radius 1 is 1.15 bits per heavy atom. The predicted molar refractivity (Wildman–Crippen MR) is 107 cm³/mol. The third kappa shape index (κ3) is 5.40. The number of para-hydroxylation sites is 2. The SMILES string of the molecule is CC(C)CCNc1ccc(C(=O)Nc2ccccc2N2CCOCC2)nn1. The lowest BCUT2D eigenvalue weighted by Crippen LogP contribution is -2.36. The minimum atomic E-state index is -0.267. The van der Waals surface area contributed by atoms with E-state index in [9.17, 15) is 4.79 Å². The topological polar surface area (TPSA) is 79.4 Å². The first kappa shape index (κ1) is 19.1. The second-order valence-electron chi connectivity index (χ2n) is 6.98. The third-order valence-electron chi connectivity index (χ3n) is 4.43. The smallest absolute Gasteiger partial charge is 0.276 e. The van der Waals surface area contributed by atoms with E-state index in [1.807, 2.05) is 24.3 Å². The molecule has 0 spiro atoms. The van der Waals surface area contributed by atoms with E-state index in [2.05, 4.69) is 39.6 Å². The van der Waals surface area contributed by atoms with Crippen LogP contribution in [0.25, 0.3) is 0 Å². The van der Waals surface area contributed by atoms with E-state index in [0.29, 0.717) is 30.6 Å². The van der Waals surface area contributed by atoms with E-state index in [1.165, 1.54) is 0 Å². The molecule has 2 N–H and O–H groups in total. The van der Waals surface area contributed by atoms with Gasteiger partial charge in [0.1, 0.15) is 5.82 Å². The molecular formula is C20H27N5O2. The summed E-state index contributed by atoms with van der Waals surface area (Å²) in [6, 6.07) is 11.3. The number of carbonyl (C=O) groups is 1. The molecule has 1 aliphatic rings. The lowest BCUT2D eigenvalue weighted by molar-refractivity contribution is 0.102. The van der Waals surface area contributed by atoms with Gasteiger partial charge in [-0.05, 0) is 36.6 Å². The second kappa shape index (κ2) is 9.32. The zero-order valence-electron chi connectivity index (χ0n) is 15.9. The molecule has 1 aliphatic heterocycles. The molecule has 1 fully saturated rings. The Balaban J connectivity index is 1.63. The van der Waals surface area contributed by atoms with Crippen LogP contribution in [0.5, 0.6) is 0 Å². The molecule has 27 heavy (non-hydrogen) atoms. The summed E-state index contributed by atoms with van der Waals surface area (Å²) in [7, 11) is 0. The summed E-state index contributed by atoms with van der Waals surface area (Å²) >= 11 is 0. The number of amides is 1. The van der Waals surface area contributed by atoms with Crippen LogP contribution in [0, 0.1) is 5.92 Å². The van der Waals surface area contributed by atoms with Gasteiger partial charge < -0.3 is 20.3 Å². The lowest BCUT2D eigenvalue weighted by atomic mass is 10.1. The van der Waals surface area contributed by atoms with Crippen molar-refractivity contribution >= 4 is 23.1 Å². The molecule has 0 bridgehead atoms. The number of hydrogen-bond acceptors (Lipinski definition) is 6. The standard InChI is InChI=1S/C20H27N5O2/c1-15(2)9-10-21-19-8-7-17(23-24-19)20(26)22-16-5-3-4-6-18(16)25-11-13-27-14-12-25/h3-8,15H,9-14H2,1-2H3,(H,21,24)(H,22,26). The molecule has 7 heteroatoms. The average Bonchev–Trinajstić information content (AvgIpc) is 2.69. The fourth-order valence-corrected chi connectivity index (χ4v) is 2.88. The zero-order valence-corrected chi connectivity index (χ0v) is 15.9. The number of nitrogens with zero attached hydrogens (tertiary/aromatic N) is 3. The van der Waals surface area contributed by atoms with Gasteiger partial charge in [-0.15, -0.1) is 10.2 Å². The van der Waals surface area contributed by atoms with Crippen LogP contribution >= 0.6 is 0 Å². The van der Waals surface area contributed by atoms with Crippen LogP contribution in [0.2, 0.25) is 0 Å². The molecule has 0 unspecified atom stereocenters. The quantitative estimate of drug-likeness (QED) is 0.781. The first-order valence-corrected chi connectivity index (χ1v) is 9.44. The molecule has 2 aromatic rings. The molecular weight excluding hydrogens is 342 g/mol. The summed E-state index contributed by atoms with van der Waals surface area (Å²) in [5.74, 6) is 1.04. The Hall–Kier alpha value is -2.67. The third-order valence-corrected chi connectivity index (χ3v) is 4.43. The number of ether oxygens (including phenoxy) is 1. The molecule has 1 aromatic carbocycles. The molecule has 0 atom stereocenters. The number of carbonyl (C=O) groups excluding carboxylic acids is 1. The van der Waals surface area contributed by atoms with Gasteiger partial charge in [-0.25, -0.2) is 0 Å². The minimum absolute atomic E-state index is 0.267. The molecule has 1 amide bonds. The van der Waals surface area contributed by atoms with Crippen LogP contribution < -0.4 is 15.5 Å². The van der Waals surface area contributed by atoms with Gasteiger partial charge in [0.15, 0.2) is 5.69 Å². The van der Waals surface area contributed by atoms with Crippen molar-refractivity contribution in [3.05, 3.63) is 42.1 Å². The summed E-state index contributed by atoms with van der Waals surface area (Å²) in [5, 5.41) is 14.3. The van der Waals surface area contributed by atoms with E-state index in [0.717, 1.165) is 37.4 Å². The van der Waals surface area contributed by atoms with Crippen LogP contribution in [0.4, 0.5) is 17.2 Å². The Labute approximate surface area is 160 Å². The van der Waals surface area contributed by atoms with Crippen molar-refractivity contribution in [3.8, 4) is 0 Å².